The molecule has 0 spiro atoms. The van der Waals surface area contributed by atoms with E-state index in [2.05, 4.69) is 21.5 Å². The predicted molar refractivity (Wildman–Crippen MR) is 113 cm³/mol. The molecule has 7 nitrogen and oxygen atoms in total. The minimum absolute atomic E-state index is 0.117. The summed E-state index contributed by atoms with van der Waals surface area (Å²) in [5.41, 5.74) is 0.705. The van der Waals surface area contributed by atoms with Gasteiger partial charge in [0.1, 0.15) is 0 Å². The number of fused-ring (bicyclic) bond motifs is 1. The summed E-state index contributed by atoms with van der Waals surface area (Å²) in [5, 5.41) is 16.6. The number of nitrogens with zero attached hydrogens (tertiary/aromatic N) is 5. The van der Waals surface area contributed by atoms with Gasteiger partial charge in [-0.3, -0.25) is 0 Å². The molecule has 2 amide bonds. The molecule has 1 aliphatic heterocycles. The Labute approximate surface area is 194 Å². The van der Waals surface area contributed by atoms with E-state index in [0.717, 1.165) is 17.0 Å². The smallest absolute Gasteiger partial charge is 0.318 e. The maximum Gasteiger partial charge on any atom is 0.318 e. The van der Waals surface area contributed by atoms with Gasteiger partial charge in [-0.1, -0.05) is 6.42 Å². The van der Waals surface area contributed by atoms with Crippen LogP contribution in [0.5, 0.6) is 0 Å². The fraction of sp³-hybridized carbons (Fsp3) is 0.652. The van der Waals surface area contributed by atoms with Crippen molar-refractivity contribution in [2.45, 2.75) is 69.3 Å². The molecule has 0 aromatic carbocycles. The summed E-state index contributed by atoms with van der Waals surface area (Å²) < 4.78 is 56.9. The van der Waals surface area contributed by atoms with E-state index in [-0.39, 0.29) is 18.8 Å². The summed E-state index contributed by atoms with van der Waals surface area (Å²) in [6.45, 7) is -1.51. The molecule has 1 atom stereocenters. The standard InChI is InChI=1S/C23H26F4N6O/c24-22(25)6-2-15(3-7-22)8-17-11-33-18(31-17)9-16(10-30-33)19(21(12-28)4-1-5-21)32-14-23(26,27)13-29-20(32)34/h9-11,15,19H,1-8,13-14H2,(H,29,34)/t19-/m0/s1. The molecule has 0 radical (unpaired) electrons. The lowest BCUT2D eigenvalue weighted by molar-refractivity contribution is -0.0627. The van der Waals surface area contributed by atoms with Crippen molar-refractivity contribution in [2.24, 2.45) is 11.3 Å². The van der Waals surface area contributed by atoms with Crippen LogP contribution in [0.4, 0.5) is 22.4 Å². The van der Waals surface area contributed by atoms with Crippen LogP contribution in [0.2, 0.25) is 0 Å². The monoisotopic (exact) mass is 478 g/mol. The number of hydrogen-bond acceptors (Lipinski definition) is 4. The zero-order valence-electron chi connectivity index (χ0n) is 18.6. The largest absolute Gasteiger partial charge is 0.332 e. The van der Waals surface area contributed by atoms with E-state index < -0.39 is 42.4 Å². The van der Waals surface area contributed by atoms with Crippen LogP contribution in [0.1, 0.15) is 62.2 Å². The number of rotatable bonds is 5. The van der Waals surface area contributed by atoms with Gasteiger partial charge in [0.05, 0.1) is 48.7 Å². The highest BCUT2D eigenvalue weighted by Crippen LogP contribution is 2.53. The molecule has 0 bridgehead atoms. The van der Waals surface area contributed by atoms with Gasteiger partial charge in [-0.05, 0) is 44.1 Å². The van der Waals surface area contributed by atoms with Crippen molar-refractivity contribution in [3.8, 4) is 6.07 Å². The van der Waals surface area contributed by atoms with Crippen molar-refractivity contribution in [2.75, 3.05) is 13.1 Å². The maximum atomic E-state index is 14.2. The molecule has 3 aliphatic rings. The zero-order chi connectivity index (χ0) is 24.1. The van der Waals surface area contributed by atoms with Crippen LogP contribution in [0.25, 0.3) is 5.65 Å². The number of nitriles is 1. The molecule has 182 valence electrons. The maximum absolute atomic E-state index is 14.2. The molecule has 2 aromatic heterocycles. The Morgan fingerprint density at radius 2 is 1.91 bits per heavy atom. The van der Waals surface area contributed by atoms with E-state index in [1.165, 1.54) is 6.20 Å². The second-order valence-corrected chi connectivity index (χ2v) is 9.99. The van der Waals surface area contributed by atoms with Gasteiger partial charge in [-0.25, -0.2) is 31.9 Å². The highest BCUT2D eigenvalue weighted by molar-refractivity contribution is 5.76. The fourth-order valence-electron chi connectivity index (χ4n) is 5.48. The second-order valence-electron chi connectivity index (χ2n) is 9.99. The van der Waals surface area contributed by atoms with Crippen LogP contribution >= 0.6 is 0 Å². The second kappa shape index (κ2) is 8.10. The number of imidazole rings is 1. The SMILES string of the molecule is N#CC1([C@H](c2cnn3cc(CC4CCC(F)(F)CC4)nc3c2)N2CC(F)(F)CNC2=O)CCC1. The Hall–Kier alpha value is -2.90. The lowest BCUT2D eigenvalue weighted by Crippen LogP contribution is -2.60. The van der Waals surface area contributed by atoms with Gasteiger partial charge in [0, 0.05) is 18.4 Å². The number of hydrogen-bond donors (Lipinski definition) is 1. The molecule has 5 rings (SSSR count). The van der Waals surface area contributed by atoms with Crippen molar-refractivity contribution >= 4 is 11.7 Å². The highest BCUT2D eigenvalue weighted by Gasteiger charge is 2.53. The Balaban J connectivity index is 1.44. The average molecular weight is 478 g/mol. The van der Waals surface area contributed by atoms with Crippen LogP contribution < -0.4 is 5.32 Å². The third-order valence-electron chi connectivity index (χ3n) is 7.51. The Morgan fingerprint density at radius 1 is 1.18 bits per heavy atom. The number of amides is 2. The average Bonchev–Trinajstić information content (AvgIpc) is 3.15. The Bertz CT molecular complexity index is 1130. The zero-order valence-corrected chi connectivity index (χ0v) is 18.6. The van der Waals surface area contributed by atoms with Crippen LogP contribution in [0, 0.1) is 22.7 Å². The molecule has 1 N–H and O–H groups in total. The number of halogens is 4. The van der Waals surface area contributed by atoms with Gasteiger partial charge in [-0.15, -0.1) is 0 Å². The molecule has 0 unspecified atom stereocenters. The van der Waals surface area contributed by atoms with Crippen LogP contribution in [-0.2, 0) is 6.42 Å². The van der Waals surface area contributed by atoms with Gasteiger partial charge >= 0.3 is 6.03 Å². The van der Waals surface area contributed by atoms with Gasteiger partial charge < -0.3 is 10.2 Å². The number of aromatic nitrogens is 3. The normalized spacial score (nSPS) is 24.8. The van der Waals surface area contributed by atoms with E-state index in [4.69, 9.17) is 0 Å². The topological polar surface area (TPSA) is 86.3 Å². The third kappa shape index (κ3) is 4.18. The fourth-order valence-corrected chi connectivity index (χ4v) is 5.48. The summed E-state index contributed by atoms with van der Waals surface area (Å²) >= 11 is 0. The molecule has 11 heteroatoms. The molecule has 2 aromatic rings. The summed E-state index contributed by atoms with van der Waals surface area (Å²) in [5.74, 6) is -5.58. The van der Waals surface area contributed by atoms with E-state index in [0.29, 0.717) is 43.3 Å². The lowest BCUT2D eigenvalue weighted by Gasteiger charge is -2.49. The summed E-state index contributed by atoms with van der Waals surface area (Å²) in [6.07, 6.45) is 6.22. The minimum atomic E-state index is -3.11. The van der Waals surface area contributed by atoms with Crippen LogP contribution in [0.3, 0.4) is 0 Å². The number of urea groups is 1. The van der Waals surface area contributed by atoms with Gasteiger partial charge in [0.25, 0.3) is 5.92 Å². The first-order chi connectivity index (χ1) is 16.1. The van der Waals surface area contributed by atoms with E-state index >= 15 is 0 Å². The number of carbonyl (C=O) groups excluding carboxylic acids is 1. The molecule has 2 saturated carbocycles. The minimum Gasteiger partial charge on any atom is -0.332 e. The molecular weight excluding hydrogens is 452 g/mol. The first-order valence-electron chi connectivity index (χ1n) is 11.7. The van der Waals surface area contributed by atoms with E-state index in [1.54, 1.807) is 16.8 Å². The summed E-state index contributed by atoms with van der Waals surface area (Å²) in [7, 11) is 0. The van der Waals surface area contributed by atoms with Crippen LogP contribution in [-0.4, -0.2) is 50.5 Å². The molecule has 34 heavy (non-hydrogen) atoms. The van der Waals surface area contributed by atoms with Crippen molar-refractivity contribution in [3.05, 3.63) is 29.7 Å². The highest BCUT2D eigenvalue weighted by atomic mass is 19.3. The molecule has 2 aliphatic carbocycles. The van der Waals surface area contributed by atoms with Crippen molar-refractivity contribution < 1.29 is 22.4 Å². The van der Waals surface area contributed by atoms with E-state index in [1.807, 2.05) is 0 Å². The van der Waals surface area contributed by atoms with Crippen LogP contribution in [0.15, 0.2) is 18.5 Å². The Kier molecular flexibility index (Phi) is 5.45. The first kappa shape index (κ1) is 22.9. The molecular formula is C23H26F4N6O. The predicted octanol–water partition coefficient (Wildman–Crippen LogP) is 4.49. The summed E-state index contributed by atoms with van der Waals surface area (Å²) in [6, 6.07) is 2.47. The van der Waals surface area contributed by atoms with Gasteiger partial charge in [-0.2, -0.15) is 10.4 Å². The Morgan fingerprint density at radius 3 is 2.56 bits per heavy atom. The van der Waals surface area contributed by atoms with E-state index in [9.17, 15) is 27.6 Å². The van der Waals surface area contributed by atoms with Gasteiger partial charge in [0.2, 0.25) is 5.92 Å². The summed E-state index contributed by atoms with van der Waals surface area (Å²) in [4.78, 5) is 18.3. The van der Waals surface area contributed by atoms with Crippen molar-refractivity contribution in [1.29, 1.82) is 5.26 Å². The number of carbonyl (C=O) groups is 1. The molecule has 3 fully saturated rings. The molecule has 1 saturated heterocycles. The van der Waals surface area contributed by atoms with Crippen molar-refractivity contribution in [1.82, 2.24) is 24.8 Å². The lowest BCUT2D eigenvalue weighted by atomic mass is 9.63. The van der Waals surface area contributed by atoms with Gasteiger partial charge in [0.15, 0.2) is 5.65 Å². The first-order valence-corrected chi connectivity index (χ1v) is 11.7. The third-order valence-corrected chi connectivity index (χ3v) is 7.51. The quantitative estimate of drug-likeness (QED) is 0.642. The molecule has 3 heterocycles. The number of nitrogens with one attached hydrogen (secondary N) is 1. The number of alkyl halides is 4. The van der Waals surface area contributed by atoms with Crippen molar-refractivity contribution in [3.63, 3.8) is 0 Å².